The van der Waals surface area contributed by atoms with Gasteiger partial charge in [-0.1, -0.05) is 44.6 Å². The lowest BCUT2D eigenvalue weighted by Gasteiger charge is -2.05. The first-order valence-electron chi connectivity index (χ1n) is 9.64. The molecule has 0 unspecified atom stereocenters. The van der Waals surface area contributed by atoms with Crippen LogP contribution in [0.2, 0.25) is 0 Å². The quantitative estimate of drug-likeness (QED) is 0.492. The standard InChI is InChI=1S/C16H10N6.C6H12/c17-4-9-1-2-11-12(8-20-14(11)3-9)13-7-19-5-10-6-21-16(18)22-15(10)13;1-2-4-6-5-3-1/h1-3,5-8,20H,(H2,18,21,22);1-6H2. The number of aromatic amines is 1. The Balaban J connectivity index is 0.000000275. The highest BCUT2D eigenvalue weighted by molar-refractivity contribution is 6.03. The van der Waals surface area contributed by atoms with E-state index < -0.39 is 0 Å². The van der Waals surface area contributed by atoms with E-state index in [1.807, 2.05) is 18.3 Å². The topological polar surface area (TPSA) is 104 Å². The summed E-state index contributed by atoms with van der Waals surface area (Å²) in [6.45, 7) is 0. The lowest BCUT2D eigenvalue weighted by molar-refractivity contribution is 0.504. The van der Waals surface area contributed by atoms with Gasteiger partial charge in [0.15, 0.2) is 0 Å². The van der Waals surface area contributed by atoms with E-state index in [1.165, 1.54) is 38.5 Å². The maximum absolute atomic E-state index is 8.99. The molecule has 0 spiro atoms. The molecule has 1 aromatic carbocycles. The minimum Gasteiger partial charge on any atom is -0.368 e. The number of nitriles is 1. The van der Waals surface area contributed by atoms with Crippen molar-refractivity contribution in [1.82, 2.24) is 19.9 Å². The Kier molecular flexibility index (Phi) is 5.16. The van der Waals surface area contributed by atoms with Gasteiger partial charge in [0.05, 0.1) is 17.1 Å². The van der Waals surface area contributed by atoms with Gasteiger partial charge in [-0.25, -0.2) is 9.97 Å². The molecule has 3 N–H and O–H groups in total. The molecule has 0 saturated heterocycles. The van der Waals surface area contributed by atoms with Crippen molar-refractivity contribution < 1.29 is 0 Å². The van der Waals surface area contributed by atoms with Crippen molar-refractivity contribution in [1.29, 1.82) is 5.26 Å². The Bertz CT molecular complexity index is 1140. The Morgan fingerprint density at radius 2 is 1.71 bits per heavy atom. The average Bonchev–Trinajstić information content (AvgIpc) is 3.18. The smallest absolute Gasteiger partial charge is 0.220 e. The van der Waals surface area contributed by atoms with Crippen LogP contribution in [0.1, 0.15) is 44.1 Å². The summed E-state index contributed by atoms with van der Waals surface area (Å²) in [6, 6.07) is 7.67. The summed E-state index contributed by atoms with van der Waals surface area (Å²) in [5.74, 6) is 0.228. The van der Waals surface area contributed by atoms with Crippen LogP contribution >= 0.6 is 0 Å². The first-order chi connectivity index (χ1) is 13.8. The number of nitrogen functional groups attached to an aromatic ring is 1. The van der Waals surface area contributed by atoms with E-state index in [1.54, 1.807) is 24.7 Å². The molecular formula is C22H22N6. The predicted molar refractivity (Wildman–Crippen MR) is 111 cm³/mol. The average molecular weight is 370 g/mol. The number of pyridine rings is 1. The van der Waals surface area contributed by atoms with Crippen LogP contribution in [0, 0.1) is 11.3 Å². The Morgan fingerprint density at radius 1 is 0.964 bits per heavy atom. The van der Waals surface area contributed by atoms with Gasteiger partial charge >= 0.3 is 0 Å². The van der Waals surface area contributed by atoms with Gasteiger partial charge in [0.2, 0.25) is 5.95 Å². The van der Waals surface area contributed by atoms with Crippen LogP contribution in [0.25, 0.3) is 32.9 Å². The zero-order valence-corrected chi connectivity index (χ0v) is 15.7. The van der Waals surface area contributed by atoms with Gasteiger partial charge in [0.1, 0.15) is 0 Å². The molecule has 3 heterocycles. The molecule has 1 aliphatic rings. The molecule has 1 aliphatic carbocycles. The highest BCUT2D eigenvalue weighted by Crippen LogP contribution is 2.32. The van der Waals surface area contributed by atoms with Crippen molar-refractivity contribution >= 4 is 27.8 Å². The number of rotatable bonds is 1. The van der Waals surface area contributed by atoms with Crippen molar-refractivity contribution in [2.24, 2.45) is 0 Å². The van der Waals surface area contributed by atoms with E-state index in [2.05, 4.69) is 26.0 Å². The fourth-order valence-electron chi connectivity index (χ4n) is 3.64. The number of H-pyrrole nitrogens is 1. The third-order valence-corrected chi connectivity index (χ3v) is 5.11. The first-order valence-corrected chi connectivity index (χ1v) is 9.64. The zero-order chi connectivity index (χ0) is 19.3. The second-order valence-electron chi connectivity index (χ2n) is 7.05. The molecule has 1 fully saturated rings. The van der Waals surface area contributed by atoms with Gasteiger partial charge in [-0.3, -0.25) is 4.98 Å². The van der Waals surface area contributed by atoms with Crippen LogP contribution in [-0.4, -0.2) is 19.9 Å². The number of nitrogens with zero attached hydrogens (tertiary/aromatic N) is 4. The molecule has 0 amide bonds. The number of aromatic nitrogens is 4. The van der Waals surface area contributed by atoms with E-state index in [0.29, 0.717) is 5.56 Å². The zero-order valence-electron chi connectivity index (χ0n) is 15.7. The maximum Gasteiger partial charge on any atom is 0.220 e. The van der Waals surface area contributed by atoms with Gasteiger partial charge in [-0.15, -0.1) is 0 Å². The molecule has 0 radical (unpaired) electrons. The fraction of sp³-hybridized carbons (Fsp3) is 0.273. The monoisotopic (exact) mass is 370 g/mol. The second-order valence-corrected chi connectivity index (χ2v) is 7.05. The molecule has 3 aromatic heterocycles. The minimum atomic E-state index is 0.228. The number of hydrogen-bond donors (Lipinski definition) is 2. The van der Waals surface area contributed by atoms with Crippen LogP contribution in [0.4, 0.5) is 5.95 Å². The lowest BCUT2D eigenvalue weighted by atomic mass is 10.0. The van der Waals surface area contributed by atoms with Gasteiger partial charge in [-0.2, -0.15) is 5.26 Å². The molecular weight excluding hydrogens is 348 g/mol. The minimum absolute atomic E-state index is 0.228. The van der Waals surface area contributed by atoms with Crippen molar-refractivity contribution in [3.8, 4) is 17.2 Å². The Morgan fingerprint density at radius 3 is 2.43 bits per heavy atom. The van der Waals surface area contributed by atoms with E-state index in [9.17, 15) is 0 Å². The molecule has 1 saturated carbocycles. The molecule has 4 aromatic rings. The van der Waals surface area contributed by atoms with E-state index in [4.69, 9.17) is 11.0 Å². The van der Waals surface area contributed by atoms with Gasteiger partial charge in [-0.05, 0) is 12.1 Å². The maximum atomic E-state index is 8.99. The number of anilines is 1. The van der Waals surface area contributed by atoms with Gasteiger partial charge in [0.25, 0.3) is 0 Å². The SMILES string of the molecule is C1CCCCC1.N#Cc1ccc2c(-c3cncc4cnc(N)nc34)c[nH]c2c1. The molecule has 6 nitrogen and oxygen atoms in total. The van der Waals surface area contributed by atoms with Crippen molar-refractivity contribution in [3.05, 3.63) is 48.5 Å². The molecule has 0 atom stereocenters. The molecule has 0 aliphatic heterocycles. The van der Waals surface area contributed by atoms with E-state index in [0.717, 1.165) is 32.9 Å². The van der Waals surface area contributed by atoms with E-state index >= 15 is 0 Å². The summed E-state index contributed by atoms with van der Waals surface area (Å²) in [4.78, 5) is 15.8. The van der Waals surface area contributed by atoms with Crippen LogP contribution < -0.4 is 5.73 Å². The summed E-state index contributed by atoms with van der Waals surface area (Å²) < 4.78 is 0. The highest BCUT2D eigenvalue weighted by Gasteiger charge is 2.12. The number of benzene rings is 1. The summed E-state index contributed by atoms with van der Waals surface area (Å²) in [6.07, 6.45) is 16.0. The first kappa shape index (κ1) is 17.9. The number of nitrogens with two attached hydrogens (primary N) is 1. The van der Waals surface area contributed by atoms with Crippen molar-refractivity contribution in [2.45, 2.75) is 38.5 Å². The Labute approximate surface area is 163 Å². The normalized spacial score (nSPS) is 13.7. The number of hydrogen-bond acceptors (Lipinski definition) is 5. The van der Waals surface area contributed by atoms with Gasteiger partial charge < -0.3 is 10.7 Å². The van der Waals surface area contributed by atoms with Crippen LogP contribution in [0.3, 0.4) is 0 Å². The largest absolute Gasteiger partial charge is 0.368 e. The summed E-state index contributed by atoms with van der Waals surface area (Å²) >= 11 is 0. The molecule has 28 heavy (non-hydrogen) atoms. The molecule has 140 valence electrons. The number of nitrogens with one attached hydrogen (secondary N) is 1. The molecule has 0 bridgehead atoms. The summed E-state index contributed by atoms with van der Waals surface area (Å²) in [5.41, 5.74) is 9.82. The lowest BCUT2D eigenvalue weighted by Crippen LogP contribution is -1.96. The van der Waals surface area contributed by atoms with Crippen LogP contribution in [0.15, 0.2) is 43.0 Å². The van der Waals surface area contributed by atoms with E-state index in [-0.39, 0.29) is 5.95 Å². The van der Waals surface area contributed by atoms with Crippen LogP contribution in [0.5, 0.6) is 0 Å². The third-order valence-electron chi connectivity index (χ3n) is 5.11. The summed E-state index contributed by atoms with van der Waals surface area (Å²) in [7, 11) is 0. The molecule has 6 heteroatoms. The van der Waals surface area contributed by atoms with Crippen LogP contribution in [-0.2, 0) is 0 Å². The second kappa shape index (κ2) is 8.05. The Hall–Kier alpha value is -3.46. The fourth-order valence-corrected chi connectivity index (χ4v) is 3.64. The van der Waals surface area contributed by atoms with Gasteiger partial charge in [0, 0.05) is 52.2 Å². The van der Waals surface area contributed by atoms with Crippen molar-refractivity contribution in [3.63, 3.8) is 0 Å². The summed E-state index contributed by atoms with van der Waals surface area (Å²) in [5, 5.41) is 10.8. The van der Waals surface area contributed by atoms with Crippen molar-refractivity contribution in [2.75, 3.05) is 5.73 Å². The predicted octanol–water partition coefficient (Wildman–Crippen LogP) is 4.97. The highest BCUT2D eigenvalue weighted by atomic mass is 15.0. The number of fused-ring (bicyclic) bond motifs is 2. The third kappa shape index (κ3) is 3.65. The molecule has 5 rings (SSSR count).